The number of halogens is 1. The minimum absolute atomic E-state index is 0.674. The number of aliphatic hydroxyl groups excluding tert-OH is 1. The summed E-state index contributed by atoms with van der Waals surface area (Å²) in [4.78, 5) is 0. The lowest BCUT2D eigenvalue weighted by molar-refractivity contribution is 0.262. The van der Waals surface area contributed by atoms with Crippen molar-refractivity contribution in [2.24, 2.45) is 0 Å². The van der Waals surface area contributed by atoms with Gasteiger partial charge >= 0.3 is 0 Å². The van der Waals surface area contributed by atoms with Gasteiger partial charge in [-0.3, -0.25) is 0 Å². The number of alkyl halides is 1. The van der Waals surface area contributed by atoms with Crippen LogP contribution in [0.4, 0.5) is 0 Å². The van der Waals surface area contributed by atoms with E-state index in [2.05, 4.69) is 0 Å². The standard InChI is InChI=1S/C8H9ClO2/c1-11-7-4-2-6(3-5-7)8(9)10/h2-5,8,10H,1H3. The van der Waals surface area contributed by atoms with Crippen LogP contribution < -0.4 is 4.74 Å². The Morgan fingerprint density at radius 3 is 2.27 bits per heavy atom. The molecule has 60 valence electrons. The van der Waals surface area contributed by atoms with E-state index >= 15 is 0 Å². The van der Waals surface area contributed by atoms with Crippen LogP contribution in [0.25, 0.3) is 0 Å². The number of rotatable bonds is 2. The van der Waals surface area contributed by atoms with E-state index in [1.807, 2.05) is 0 Å². The van der Waals surface area contributed by atoms with Gasteiger partial charge < -0.3 is 9.84 Å². The number of hydrogen-bond acceptors (Lipinski definition) is 2. The summed E-state index contributed by atoms with van der Waals surface area (Å²) in [5, 5.41) is 8.91. The molecule has 3 heteroatoms. The second kappa shape index (κ2) is 3.60. The molecule has 0 aromatic heterocycles. The zero-order valence-corrected chi connectivity index (χ0v) is 6.88. The SMILES string of the molecule is COc1ccc(C(O)Cl)cc1. The van der Waals surface area contributed by atoms with E-state index < -0.39 is 5.56 Å². The van der Waals surface area contributed by atoms with E-state index in [1.54, 1.807) is 31.4 Å². The quantitative estimate of drug-likeness (QED) is 0.691. The first-order valence-electron chi connectivity index (χ1n) is 3.20. The molecular weight excluding hydrogens is 164 g/mol. The van der Waals surface area contributed by atoms with E-state index in [0.717, 1.165) is 5.75 Å². The van der Waals surface area contributed by atoms with Crippen molar-refractivity contribution in [2.75, 3.05) is 7.11 Å². The molecule has 0 aliphatic carbocycles. The molecule has 11 heavy (non-hydrogen) atoms. The molecule has 0 aliphatic rings. The predicted molar refractivity (Wildman–Crippen MR) is 43.8 cm³/mol. The van der Waals surface area contributed by atoms with Crippen molar-refractivity contribution < 1.29 is 9.84 Å². The molecule has 1 aromatic carbocycles. The topological polar surface area (TPSA) is 29.5 Å². The number of ether oxygens (including phenoxy) is 1. The van der Waals surface area contributed by atoms with Crippen molar-refractivity contribution in [3.63, 3.8) is 0 Å². The number of benzene rings is 1. The van der Waals surface area contributed by atoms with Gasteiger partial charge in [-0.05, 0) is 17.7 Å². The van der Waals surface area contributed by atoms with Crippen molar-refractivity contribution >= 4 is 11.6 Å². The number of aliphatic hydroxyl groups is 1. The minimum atomic E-state index is -0.930. The first-order chi connectivity index (χ1) is 5.24. The van der Waals surface area contributed by atoms with Crippen LogP contribution in [0.5, 0.6) is 5.75 Å². The van der Waals surface area contributed by atoms with Crippen LogP contribution in [0.15, 0.2) is 24.3 Å². The smallest absolute Gasteiger partial charge is 0.153 e. The summed E-state index contributed by atoms with van der Waals surface area (Å²) in [7, 11) is 1.59. The fourth-order valence-corrected chi connectivity index (χ4v) is 0.908. The Balaban J connectivity index is 2.83. The largest absolute Gasteiger partial charge is 0.497 e. The van der Waals surface area contributed by atoms with Crippen molar-refractivity contribution in [3.05, 3.63) is 29.8 Å². The molecular formula is C8H9ClO2. The Hall–Kier alpha value is -0.730. The Kier molecular flexibility index (Phi) is 2.74. The molecule has 1 unspecified atom stereocenters. The van der Waals surface area contributed by atoms with Gasteiger partial charge in [-0.1, -0.05) is 23.7 Å². The van der Waals surface area contributed by atoms with Gasteiger partial charge in [0.1, 0.15) is 5.75 Å². The molecule has 1 rings (SSSR count). The van der Waals surface area contributed by atoms with Gasteiger partial charge in [-0.2, -0.15) is 0 Å². The molecule has 0 radical (unpaired) electrons. The second-order valence-corrected chi connectivity index (χ2v) is 2.52. The van der Waals surface area contributed by atoms with E-state index in [0.29, 0.717) is 5.56 Å². The Labute approximate surface area is 70.4 Å². The predicted octanol–water partition coefficient (Wildman–Crippen LogP) is 1.92. The Bertz CT molecular complexity index is 218. The maximum absolute atomic E-state index is 8.91. The maximum Gasteiger partial charge on any atom is 0.153 e. The van der Waals surface area contributed by atoms with Crippen LogP contribution in [0.2, 0.25) is 0 Å². The lowest BCUT2D eigenvalue weighted by Gasteiger charge is -2.03. The summed E-state index contributed by atoms with van der Waals surface area (Å²) in [6.45, 7) is 0. The highest BCUT2D eigenvalue weighted by Crippen LogP contribution is 2.19. The number of methoxy groups -OCH3 is 1. The molecule has 0 heterocycles. The summed E-state index contributed by atoms with van der Waals surface area (Å²) in [6.07, 6.45) is 0. The normalized spacial score (nSPS) is 12.6. The summed E-state index contributed by atoms with van der Waals surface area (Å²) in [5.74, 6) is 0.756. The molecule has 0 saturated heterocycles. The molecule has 1 atom stereocenters. The first kappa shape index (κ1) is 8.37. The van der Waals surface area contributed by atoms with Crippen LogP contribution in [-0.4, -0.2) is 12.2 Å². The van der Waals surface area contributed by atoms with Crippen molar-refractivity contribution in [3.8, 4) is 5.75 Å². The van der Waals surface area contributed by atoms with E-state index in [4.69, 9.17) is 21.4 Å². The highest BCUT2D eigenvalue weighted by molar-refractivity contribution is 6.19. The summed E-state index contributed by atoms with van der Waals surface area (Å²) < 4.78 is 4.92. The summed E-state index contributed by atoms with van der Waals surface area (Å²) in [6, 6.07) is 6.94. The molecule has 0 fully saturated rings. The lowest BCUT2D eigenvalue weighted by atomic mass is 10.2. The zero-order chi connectivity index (χ0) is 8.27. The van der Waals surface area contributed by atoms with Gasteiger partial charge in [0.15, 0.2) is 5.56 Å². The van der Waals surface area contributed by atoms with Crippen LogP contribution >= 0.6 is 11.6 Å². The van der Waals surface area contributed by atoms with Crippen LogP contribution in [-0.2, 0) is 0 Å². The molecule has 2 nitrogen and oxygen atoms in total. The third-order valence-electron chi connectivity index (χ3n) is 1.39. The van der Waals surface area contributed by atoms with Crippen LogP contribution in [0.3, 0.4) is 0 Å². The third-order valence-corrected chi connectivity index (χ3v) is 1.64. The average Bonchev–Trinajstić information content (AvgIpc) is 2.05. The van der Waals surface area contributed by atoms with Crippen molar-refractivity contribution in [1.29, 1.82) is 0 Å². The average molecular weight is 173 g/mol. The maximum atomic E-state index is 8.91. The zero-order valence-electron chi connectivity index (χ0n) is 6.12. The lowest BCUT2D eigenvalue weighted by Crippen LogP contribution is -1.88. The van der Waals surface area contributed by atoms with E-state index in [1.165, 1.54) is 0 Å². The van der Waals surface area contributed by atoms with Crippen LogP contribution in [0.1, 0.15) is 11.1 Å². The molecule has 0 spiro atoms. The Morgan fingerprint density at radius 2 is 1.91 bits per heavy atom. The minimum Gasteiger partial charge on any atom is -0.497 e. The highest BCUT2D eigenvalue weighted by Gasteiger charge is 2.00. The van der Waals surface area contributed by atoms with E-state index in [-0.39, 0.29) is 0 Å². The fourth-order valence-electron chi connectivity index (χ4n) is 0.763. The molecule has 0 amide bonds. The second-order valence-electron chi connectivity index (χ2n) is 2.11. The van der Waals surface area contributed by atoms with Gasteiger partial charge in [-0.25, -0.2) is 0 Å². The van der Waals surface area contributed by atoms with Crippen molar-refractivity contribution in [1.82, 2.24) is 0 Å². The van der Waals surface area contributed by atoms with Crippen molar-refractivity contribution in [2.45, 2.75) is 5.56 Å². The van der Waals surface area contributed by atoms with Crippen LogP contribution in [0, 0.1) is 0 Å². The third kappa shape index (κ3) is 2.10. The van der Waals surface area contributed by atoms with Gasteiger partial charge in [0.2, 0.25) is 0 Å². The molecule has 0 saturated carbocycles. The van der Waals surface area contributed by atoms with E-state index in [9.17, 15) is 0 Å². The molecule has 0 bridgehead atoms. The number of hydrogen-bond donors (Lipinski definition) is 1. The van der Waals surface area contributed by atoms with Gasteiger partial charge in [0.05, 0.1) is 7.11 Å². The summed E-state index contributed by atoms with van der Waals surface area (Å²) >= 11 is 5.41. The summed E-state index contributed by atoms with van der Waals surface area (Å²) in [5.41, 5.74) is -0.256. The molecule has 1 N–H and O–H groups in total. The molecule has 0 aliphatic heterocycles. The monoisotopic (exact) mass is 172 g/mol. The van der Waals surface area contributed by atoms with Gasteiger partial charge in [-0.15, -0.1) is 0 Å². The van der Waals surface area contributed by atoms with Gasteiger partial charge in [0, 0.05) is 0 Å². The fraction of sp³-hybridized carbons (Fsp3) is 0.250. The van der Waals surface area contributed by atoms with Gasteiger partial charge in [0.25, 0.3) is 0 Å². The Morgan fingerprint density at radius 1 is 1.36 bits per heavy atom. The molecule has 1 aromatic rings. The first-order valence-corrected chi connectivity index (χ1v) is 3.64. The highest BCUT2D eigenvalue weighted by atomic mass is 35.5.